The number of hydrogen-bond acceptors (Lipinski definition) is 8. The number of benzene rings is 2. The van der Waals surface area contributed by atoms with Crippen LogP contribution in [0, 0.1) is 10.1 Å². The third-order valence-electron chi connectivity index (χ3n) is 3.77. The predicted octanol–water partition coefficient (Wildman–Crippen LogP) is 3.72. The maximum atomic E-state index is 12.2. The first kappa shape index (κ1) is 19.3. The van der Waals surface area contributed by atoms with Crippen LogP contribution in [0.4, 0.5) is 11.4 Å². The number of nitro groups is 1. The monoisotopic (exact) mass is 402 g/mol. The Bertz CT molecular complexity index is 1030. The van der Waals surface area contributed by atoms with Gasteiger partial charge in [0.25, 0.3) is 11.6 Å². The number of esters is 1. The Labute approximate surface area is 164 Å². The van der Waals surface area contributed by atoms with Crippen molar-refractivity contribution in [2.75, 3.05) is 19.0 Å². The Hall–Kier alpha value is -3.46. The van der Waals surface area contributed by atoms with Crippen LogP contribution < -0.4 is 4.90 Å². The highest BCUT2D eigenvalue weighted by molar-refractivity contribution is 6.30. The molecule has 3 rings (SSSR count). The van der Waals surface area contributed by atoms with Crippen molar-refractivity contribution in [3.05, 3.63) is 69.1 Å². The summed E-state index contributed by atoms with van der Waals surface area (Å²) in [6, 6.07) is 11.0. The minimum Gasteiger partial charge on any atom is -0.452 e. The molecule has 0 N–H and O–H groups in total. The second-order valence-electron chi connectivity index (χ2n) is 5.95. The van der Waals surface area contributed by atoms with Gasteiger partial charge in [-0.25, -0.2) is 4.79 Å². The quantitative estimate of drug-likeness (QED) is 0.348. The van der Waals surface area contributed by atoms with Crippen molar-refractivity contribution in [2.24, 2.45) is 0 Å². The first-order valence-corrected chi connectivity index (χ1v) is 8.44. The Morgan fingerprint density at radius 3 is 2.75 bits per heavy atom. The van der Waals surface area contributed by atoms with Crippen molar-refractivity contribution < 1.29 is 19.0 Å². The highest BCUT2D eigenvalue weighted by Gasteiger charge is 2.20. The lowest BCUT2D eigenvalue weighted by Gasteiger charge is -2.13. The lowest BCUT2D eigenvalue weighted by molar-refractivity contribution is -0.384. The highest BCUT2D eigenvalue weighted by atomic mass is 35.5. The Morgan fingerprint density at radius 2 is 2.07 bits per heavy atom. The molecule has 0 radical (unpaired) electrons. The smallest absolute Gasteiger partial charge is 0.338 e. The fourth-order valence-corrected chi connectivity index (χ4v) is 2.63. The Balaban J connectivity index is 1.71. The molecule has 1 heterocycles. The average molecular weight is 403 g/mol. The molecule has 10 heteroatoms. The number of rotatable bonds is 6. The summed E-state index contributed by atoms with van der Waals surface area (Å²) < 4.78 is 10.2. The fraction of sp³-hybridized carbons (Fsp3) is 0.167. The van der Waals surface area contributed by atoms with E-state index in [0.717, 1.165) is 0 Å². The van der Waals surface area contributed by atoms with E-state index in [4.69, 9.17) is 20.9 Å². The van der Waals surface area contributed by atoms with Gasteiger partial charge in [-0.3, -0.25) is 10.1 Å². The number of nitrogens with zero attached hydrogens (tertiary/aromatic N) is 4. The molecule has 3 aromatic rings. The van der Waals surface area contributed by atoms with Crippen molar-refractivity contribution in [2.45, 2.75) is 6.61 Å². The van der Waals surface area contributed by atoms with Gasteiger partial charge in [0.2, 0.25) is 5.82 Å². The summed E-state index contributed by atoms with van der Waals surface area (Å²) in [4.78, 5) is 28.6. The molecule has 0 aliphatic carbocycles. The average Bonchev–Trinajstić information content (AvgIpc) is 3.14. The lowest BCUT2D eigenvalue weighted by Crippen LogP contribution is -2.12. The number of halogens is 1. The van der Waals surface area contributed by atoms with Gasteiger partial charge in [-0.15, -0.1) is 0 Å². The van der Waals surface area contributed by atoms with Gasteiger partial charge in [-0.05, 0) is 24.3 Å². The highest BCUT2D eigenvalue weighted by Crippen LogP contribution is 2.28. The van der Waals surface area contributed by atoms with E-state index in [1.165, 1.54) is 18.2 Å². The van der Waals surface area contributed by atoms with E-state index < -0.39 is 10.9 Å². The molecule has 9 nitrogen and oxygen atoms in total. The second-order valence-corrected chi connectivity index (χ2v) is 6.39. The molecule has 0 spiro atoms. The van der Waals surface area contributed by atoms with Gasteiger partial charge in [0.1, 0.15) is 5.69 Å². The van der Waals surface area contributed by atoms with Crippen molar-refractivity contribution in [3.63, 3.8) is 0 Å². The zero-order chi connectivity index (χ0) is 20.3. The number of anilines is 1. The van der Waals surface area contributed by atoms with E-state index >= 15 is 0 Å². The van der Waals surface area contributed by atoms with Gasteiger partial charge in [-0.2, -0.15) is 4.98 Å². The van der Waals surface area contributed by atoms with Crippen LogP contribution in [0.1, 0.15) is 16.2 Å². The molecule has 0 saturated carbocycles. The van der Waals surface area contributed by atoms with E-state index in [0.29, 0.717) is 22.1 Å². The Kier molecular flexibility index (Phi) is 5.55. The number of ether oxygens (including phenoxy) is 1. The molecular formula is C18H15ClN4O5. The van der Waals surface area contributed by atoms with E-state index in [9.17, 15) is 14.9 Å². The normalized spacial score (nSPS) is 10.5. The van der Waals surface area contributed by atoms with Crippen LogP contribution in [0.25, 0.3) is 11.4 Å². The lowest BCUT2D eigenvalue weighted by atomic mass is 10.1. The van der Waals surface area contributed by atoms with E-state index in [1.54, 1.807) is 43.3 Å². The maximum absolute atomic E-state index is 12.2. The summed E-state index contributed by atoms with van der Waals surface area (Å²) >= 11 is 5.93. The molecule has 0 bridgehead atoms. The van der Waals surface area contributed by atoms with Crippen LogP contribution in [0.15, 0.2) is 47.0 Å². The first-order chi connectivity index (χ1) is 13.3. The van der Waals surface area contributed by atoms with E-state index in [2.05, 4.69) is 10.1 Å². The predicted molar refractivity (Wildman–Crippen MR) is 101 cm³/mol. The number of nitro benzene ring substituents is 1. The van der Waals surface area contributed by atoms with Crippen molar-refractivity contribution in [1.82, 2.24) is 10.1 Å². The zero-order valence-corrected chi connectivity index (χ0v) is 15.7. The number of aromatic nitrogens is 2. The van der Waals surface area contributed by atoms with E-state index in [-0.39, 0.29) is 23.7 Å². The van der Waals surface area contributed by atoms with Gasteiger partial charge in [0.05, 0.1) is 10.5 Å². The second kappa shape index (κ2) is 8.05. The molecule has 0 fully saturated rings. The molecule has 0 atom stereocenters. The number of hydrogen-bond donors (Lipinski definition) is 0. The number of carbonyl (C=O) groups is 1. The van der Waals surface area contributed by atoms with Crippen molar-refractivity contribution in [1.29, 1.82) is 0 Å². The largest absolute Gasteiger partial charge is 0.452 e. The molecule has 144 valence electrons. The molecule has 2 aromatic carbocycles. The van der Waals surface area contributed by atoms with Crippen LogP contribution in [0.5, 0.6) is 0 Å². The van der Waals surface area contributed by atoms with Gasteiger partial charge < -0.3 is 14.2 Å². The zero-order valence-electron chi connectivity index (χ0n) is 15.0. The molecule has 28 heavy (non-hydrogen) atoms. The first-order valence-electron chi connectivity index (χ1n) is 8.06. The summed E-state index contributed by atoms with van der Waals surface area (Å²) in [5.74, 6) is -0.349. The molecular weight excluding hydrogens is 388 g/mol. The SMILES string of the molecule is CN(C)c1ccc(C(=O)OCc2nc(-c3cccc(Cl)c3)no2)cc1[N+](=O)[O-]. The van der Waals surface area contributed by atoms with Crippen LogP contribution in [-0.2, 0) is 11.3 Å². The van der Waals surface area contributed by atoms with Crippen LogP contribution in [0.3, 0.4) is 0 Å². The standard InChI is InChI=1S/C18H15ClN4O5/c1-22(2)14-7-6-12(9-15(14)23(25)26)18(24)27-10-16-20-17(21-28-16)11-4-3-5-13(19)8-11/h3-9H,10H2,1-2H3. The molecule has 0 aliphatic rings. The summed E-state index contributed by atoms with van der Waals surface area (Å²) in [7, 11) is 3.35. The maximum Gasteiger partial charge on any atom is 0.338 e. The third-order valence-corrected chi connectivity index (χ3v) is 4.00. The minimum absolute atomic E-state index is 0.0480. The van der Waals surface area contributed by atoms with Gasteiger partial charge in [0.15, 0.2) is 6.61 Å². The van der Waals surface area contributed by atoms with Crippen LogP contribution >= 0.6 is 11.6 Å². The van der Waals surface area contributed by atoms with Crippen molar-refractivity contribution >= 4 is 28.9 Å². The Morgan fingerprint density at radius 1 is 1.29 bits per heavy atom. The van der Waals surface area contributed by atoms with E-state index in [1.807, 2.05) is 0 Å². The van der Waals surface area contributed by atoms with Crippen molar-refractivity contribution in [3.8, 4) is 11.4 Å². The molecule has 0 unspecified atom stereocenters. The minimum atomic E-state index is -0.740. The molecule has 0 saturated heterocycles. The summed E-state index contributed by atoms with van der Waals surface area (Å²) in [5.41, 5.74) is 0.890. The summed E-state index contributed by atoms with van der Waals surface area (Å²) in [6.45, 7) is -0.268. The summed E-state index contributed by atoms with van der Waals surface area (Å²) in [5, 5.41) is 15.6. The van der Waals surface area contributed by atoms with Crippen LogP contribution in [-0.4, -0.2) is 35.1 Å². The van der Waals surface area contributed by atoms with Gasteiger partial charge in [0, 0.05) is 30.7 Å². The van der Waals surface area contributed by atoms with Crippen LogP contribution in [0.2, 0.25) is 5.02 Å². The van der Waals surface area contributed by atoms with Gasteiger partial charge >= 0.3 is 5.97 Å². The molecule has 0 aliphatic heterocycles. The number of carbonyl (C=O) groups excluding carboxylic acids is 1. The fourth-order valence-electron chi connectivity index (χ4n) is 2.44. The van der Waals surface area contributed by atoms with Gasteiger partial charge in [-0.1, -0.05) is 28.9 Å². The molecule has 1 aromatic heterocycles. The summed E-state index contributed by atoms with van der Waals surface area (Å²) in [6.07, 6.45) is 0. The topological polar surface area (TPSA) is 112 Å². The third kappa shape index (κ3) is 4.26. The molecule has 0 amide bonds.